The molecule has 9 heteroatoms. The molecule has 1 aromatic rings. The first-order valence-electron chi connectivity index (χ1n) is 13.1. The summed E-state index contributed by atoms with van der Waals surface area (Å²) in [5.74, 6) is 2.60. The molecule has 3 rings (SSSR count). The fourth-order valence-electron chi connectivity index (χ4n) is 5.27. The lowest BCUT2D eigenvalue weighted by molar-refractivity contribution is -0.143. The smallest absolute Gasteiger partial charge is 0.242 e. The van der Waals surface area contributed by atoms with Crippen molar-refractivity contribution in [3.05, 3.63) is 0 Å². The fourth-order valence-corrected chi connectivity index (χ4v) is 5.27. The Hall–Kier alpha value is -2.16. The van der Waals surface area contributed by atoms with E-state index in [9.17, 15) is 4.79 Å². The second-order valence-corrected chi connectivity index (χ2v) is 11.6. The summed E-state index contributed by atoms with van der Waals surface area (Å²) in [5.41, 5.74) is -0.719. The maximum atomic E-state index is 13.2. The summed E-state index contributed by atoms with van der Waals surface area (Å²) in [6.07, 6.45) is 5.65. The quantitative estimate of drug-likeness (QED) is 0.552. The van der Waals surface area contributed by atoms with Crippen molar-refractivity contribution in [2.45, 2.75) is 97.7 Å². The highest BCUT2D eigenvalue weighted by Crippen LogP contribution is 2.24. The fraction of sp³-hybridized carbons (Fsp3) is 0.840. The van der Waals surface area contributed by atoms with Crippen LogP contribution in [0.3, 0.4) is 0 Å². The summed E-state index contributed by atoms with van der Waals surface area (Å²) in [6, 6.07) is 0.234. The van der Waals surface area contributed by atoms with Crippen LogP contribution in [0, 0.1) is 5.92 Å². The number of carbonyl (C=O) groups excluding carboxylic acids is 1. The molecule has 34 heavy (non-hydrogen) atoms. The number of hydrogen-bond donors (Lipinski definition) is 3. The summed E-state index contributed by atoms with van der Waals surface area (Å²) in [7, 11) is 0. The Kier molecular flexibility index (Phi) is 8.60. The van der Waals surface area contributed by atoms with Crippen molar-refractivity contribution < 1.29 is 4.79 Å². The third-order valence-electron chi connectivity index (χ3n) is 6.56. The van der Waals surface area contributed by atoms with Gasteiger partial charge in [0.05, 0.1) is 5.54 Å². The van der Waals surface area contributed by atoms with Crippen LogP contribution >= 0.6 is 0 Å². The zero-order valence-electron chi connectivity index (χ0n) is 22.4. The van der Waals surface area contributed by atoms with Gasteiger partial charge in [-0.05, 0) is 59.8 Å². The lowest BCUT2D eigenvalue weighted by atomic mass is 9.90. The van der Waals surface area contributed by atoms with Gasteiger partial charge in [0.1, 0.15) is 0 Å². The number of carbonyl (C=O) groups is 1. The maximum Gasteiger partial charge on any atom is 0.242 e. The van der Waals surface area contributed by atoms with Crippen molar-refractivity contribution in [2.24, 2.45) is 5.92 Å². The van der Waals surface area contributed by atoms with Gasteiger partial charge >= 0.3 is 0 Å². The van der Waals surface area contributed by atoms with Crippen molar-refractivity contribution in [1.29, 1.82) is 0 Å². The van der Waals surface area contributed by atoms with E-state index in [1.165, 1.54) is 12.8 Å². The monoisotopic (exact) mass is 474 g/mol. The molecule has 1 saturated heterocycles. The van der Waals surface area contributed by atoms with Crippen LogP contribution in [0.15, 0.2) is 0 Å². The molecule has 9 nitrogen and oxygen atoms in total. The number of fused-ring (bicyclic) bond motifs is 2. The van der Waals surface area contributed by atoms with Crippen molar-refractivity contribution in [3.63, 3.8) is 0 Å². The largest absolute Gasteiger partial charge is 0.354 e. The Balaban J connectivity index is 1.85. The van der Waals surface area contributed by atoms with E-state index in [0.29, 0.717) is 43.4 Å². The van der Waals surface area contributed by atoms with Gasteiger partial charge in [-0.2, -0.15) is 15.0 Å². The van der Waals surface area contributed by atoms with E-state index < -0.39 is 5.54 Å². The van der Waals surface area contributed by atoms with E-state index in [0.717, 1.165) is 32.4 Å². The first kappa shape index (κ1) is 26.4. The van der Waals surface area contributed by atoms with Gasteiger partial charge in [0.15, 0.2) is 0 Å². The van der Waals surface area contributed by atoms with Gasteiger partial charge in [-0.15, -0.1) is 0 Å². The lowest BCUT2D eigenvalue weighted by Crippen LogP contribution is -2.70. The average Bonchev–Trinajstić information content (AvgIpc) is 2.75. The Bertz CT molecular complexity index is 797. The van der Waals surface area contributed by atoms with Crippen LogP contribution in [0.4, 0.5) is 17.8 Å². The number of amides is 1. The molecule has 1 atom stereocenters. The molecule has 1 aromatic heterocycles. The SMILES string of the molecule is CC(C)CC(C)N(CCN1CC(C)(C)NC(C)(C)C1=O)c1nc2nc(n1)NCCCCCCN2. The topological polar surface area (TPSA) is 98.3 Å². The van der Waals surface area contributed by atoms with Gasteiger partial charge in [0.2, 0.25) is 23.8 Å². The minimum Gasteiger partial charge on any atom is -0.354 e. The number of anilines is 3. The standard InChI is InChI=1S/C25H46N8O/c1-18(2)16-19(3)33(15-14-32-17-24(4,5)31-25(6,7)20(32)34)23-29-21-26-12-10-8-9-11-13-27-22(28-21)30-23/h18-19,31H,8-17H2,1-7H3,(H2,26,27,28,29,30). The summed E-state index contributed by atoms with van der Waals surface area (Å²) in [5, 5.41) is 10.3. The molecule has 1 fully saturated rings. The second-order valence-electron chi connectivity index (χ2n) is 11.6. The second kappa shape index (κ2) is 11.1. The van der Waals surface area contributed by atoms with Gasteiger partial charge < -0.3 is 20.4 Å². The number of hydrogen-bond acceptors (Lipinski definition) is 8. The molecule has 2 aliphatic rings. The van der Waals surface area contributed by atoms with Gasteiger partial charge in [-0.3, -0.25) is 10.1 Å². The van der Waals surface area contributed by atoms with Crippen LogP contribution in [0.25, 0.3) is 0 Å². The van der Waals surface area contributed by atoms with Crippen LogP contribution in [0.2, 0.25) is 0 Å². The van der Waals surface area contributed by atoms with Gasteiger partial charge in [0, 0.05) is 44.3 Å². The molecule has 3 heterocycles. The van der Waals surface area contributed by atoms with E-state index >= 15 is 0 Å². The van der Waals surface area contributed by atoms with Crippen molar-refractivity contribution >= 4 is 23.8 Å². The van der Waals surface area contributed by atoms with E-state index in [4.69, 9.17) is 9.97 Å². The van der Waals surface area contributed by atoms with E-state index in [1.807, 2.05) is 18.7 Å². The zero-order chi connectivity index (χ0) is 24.9. The number of aromatic nitrogens is 3. The third kappa shape index (κ3) is 7.17. The molecule has 1 unspecified atom stereocenters. The van der Waals surface area contributed by atoms with Crippen molar-refractivity contribution in [1.82, 2.24) is 25.2 Å². The number of piperazine rings is 1. The number of rotatable bonds is 7. The number of nitrogens with one attached hydrogen (secondary N) is 3. The van der Waals surface area contributed by atoms with Crippen molar-refractivity contribution in [2.75, 3.05) is 48.3 Å². The molecule has 192 valence electrons. The molecule has 1 amide bonds. The first-order valence-corrected chi connectivity index (χ1v) is 13.1. The summed E-state index contributed by atoms with van der Waals surface area (Å²) in [6.45, 7) is 18.7. The molecule has 0 radical (unpaired) electrons. The molecule has 2 aliphatic heterocycles. The molecule has 0 aromatic carbocycles. The first-order chi connectivity index (χ1) is 16.0. The van der Waals surface area contributed by atoms with Gasteiger partial charge in [0.25, 0.3) is 0 Å². The van der Waals surface area contributed by atoms with Crippen LogP contribution in [-0.4, -0.2) is 75.6 Å². The van der Waals surface area contributed by atoms with E-state index in [-0.39, 0.29) is 17.5 Å². The molecule has 0 spiro atoms. The summed E-state index contributed by atoms with van der Waals surface area (Å²) in [4.78, 5) is 31.6. The van der Waals surface area contributed by atoms with Gasteiger partial charge in [-0.25, -0.2) is 0 Å². The van der Waals surface area contributed by atoms with Crippen LogP contribution in [0.5, 0.6) is 0 Å². The highest BCUT2D eigenvalue weighted by Gasteiger charge is 2.43. The molecule has 0 aliphatic carbocycles. The lowest BCUT2D eigenvalue weighted by Gasteiger charge is -2.47. The van der Waals surface area contributed by atoms with Crippen LogP contribution in [0.1, 0.15) is 80.6 Å². The predicted octanol–water partition coefficient (Wildman–Crippen LogP) is 3.50. The Morgan fingerprint density at radius 2 is 1.53 bits per heavy atom. The molecular formula is C25H46N8O. The minimum absolute atomic E-state index is 0.139. The summed E-state index contributed by atoms with van der Waals surface area (Å²) >= 11 is 0. The third-order valence-corrected chi connectivity index (χ3v) is 6.56. The molecular weight excluding hydrogens is 428 g/mol. The Morgan fingerprint density at radius 1 is 0.941 bits per heavy atom. The van der Waals surface area contributed by atoms with Crippen LogP contribution in [-0.2, 0) is 4.79 Å². The molecule has 3 N–H and O–H groups in total. The van der Waals surface area contributed by atoms with E-state index in [1.54, 1.807) is 0 Å². The van der Waals surface area contributed by atoms with Crippen LogP contribution < -0.4 is 20.9 Å². The van der Waals surface area contributed by atoms with E-state index in [2.05, 4.69) is 60.5 Å². The minimum atomic E-state index is -0.580. The summed E-state index contributed by atoms with van der Waals surface area (Å²) < 4.78 is 0. The number of nitrogens with zero attached hydrogens (tertiary/aromatic N) is 5. The Labute approximate surface area is 205 Å². The molecule has 0 saturated carbocycles. The zero-order valence-corrected chi connectivity index (χ0v) is 22.4. The van der Waals surface area contributed by atoms with Gasteiger partial charge in [-0.1, -0.05) is 26.7 Å². The molecule has 2 bridgehead atoms. The highest BCUT2D eigenvalue weighted by atomic mass is 16.2. The van der Waals surface area contributed by atoms with Crippen molar-refractivity contribution in [3.8, 4) is 0 Å². The predicted molar refractivity (Wildman–Crippen MR) is 139 cm³/mol. The Morgan fingerprint density at radius 3 is 2.09 bits per heavy atom. The highest BCUT2D eigenvalue weighted by molar-refractivity contribution is 5.86. The maximum absolute atomic E-state index is 13.2. The average molecular weight is 475 g/mol. The normalized spacial score (nSPS) is 21.3.